The highest BCUT2D eigenvalue weighted by atomic mass is 35.5. The van der Waals surface area contributed by atoms with Crippen LogP contribution in [0.1, 0.15) is 31.7 Å². The van der Waals surface area contributed by atoms with Crippen molar-refractivity contribution < 1.29 is 9.53 Å². The summed E-state index contributed by atoms with van der Waals surface area (Å²) < 4.78 is 5.58. The number of carbonyl (C=O) groups is 1. The molecule has 4 heteroatoms. The molecule has 0 bridgehead atoms. The van der Waals surface area contributed by atoms with Gasteiger partial charge in [-0.15, -0.1) is 0 Å². The minimum absolute atomic E-state index is 0.0790. The van der Waals surface area contributed by atoms with E-state index >= 15 is 0 Å². The number of hydrogen-bond acceptors (Lipinski definition) is 2. The second-order valence-corrected chi connectivity index (χ2v) is 6.34. The third-order valence-electron chi connectivity index (χ3n) is 3.75. The molecule has 1 atom stereocenters. The summed E-state index contributed by atoms with van der Waals surface area (Å²) in [5, 5.41) is 3.73. The molecule has 0 saturated heterocycles. The highest BCUT2D eigenvalue weighted by Crippen LogP contribution is 2.15. The van der Waals surface area contributed by atoms with Gasteiger partial charge >= 0.3 is 0 Å². The van der Waals surface area contributed by atoms with E-state index in [0.717, 1.165) is 18.6 Å². The van der Waals surface area contributed by atoms with Crippen LogP contribution in [-0.4, -0.2) is 18.6 Å². The summed E-state index contributed by atoms with van der Waals surface area (Å²) in [6, 6.07) is 17.7. The smallest absolute Gasteiger partial charge is 0.220 e. The Morgan fingerprint density at radius 1 is 1.12 bits per heavy atom. The van der Waals surface area contributed by atoms with E-state index < -0.39 is 0 Å². The van der Waals surface area contributed by atoms with E-state index in [1.807, 2.05) is 37.3 Å². The lowest BCUT2D eigenvalue weighted by atomic mass is 10.1. The van der Waals surface area contributed by atoms with Gasteiger partial charge in [-0.3, -0.25) is 4.79 Å². The Balaban J connectivity index is 1.58. The van der Waals surface area contributed by atoms with E-state index in [0.29, 0.717) is 24.5 Å². The molecule has 3 nitrogen and oxygen atoms in total. The highest BCUT2D eigenvalue weighted by Gasteiger charge is 2.07. The van der Waals surface area contributed by atoms with Crippen molar-refractivity contribution in [2.24, 2.45) is 0 Å². The molecule has 2 aromatic carbocycles. The van der Waals surface area contributed by atoms with Crippen LogP contribution in [0.15, 0.2) is 54.6 Å². The molecule has 2 aromatic rings. The van der Waals surface area contributed by atoms with Gasteiger partial charge in [-0.25, -0.2) is 0 Å². The van der Waals surface area contributed by atoms with Crippen molar-refractivity contribution in [3.05, 3.63) is 65.2 Å². The van der Waals surface area contributed by atoms with Gasteiger partial charge in [0.05, 0.1) is 6.61 Å². The van der Waals surface area contributed by atoms with E-state index in [1.165, 1.54) is 5.56 Å². The fourth-order valence-corrected chi connectivity index (χ4v) is 2.53. The quantitative estimate of drug-likeness (QED) is 0.672. The van der Waals surface area contributed by atoms with Crippen molar-refractivity contribution in [3.8, 4) is 5.75 Å². The summed E-state index contributed by atoms with van der Waals surface area (Å²) in [6.07, 6.45) is 3.09. The highest BCUT2D eigenvalue weighted by molar-refractivity contribution is 6.30. The number of aryl methyl sites for hydroxylation is 1. The Hall–Kier alpha value is -2.00. The van der Waals surface area contributed by atoms with Crippen LogP contribution in [0.3, 0.4) is 0 Å². The van der Waals surface area contributed by atoms with Gasteiger partial charge in [-0.1, -0.05) is 41.9 Å². The number of nitrogens with one attached hydrogen (secondary N) is 1. The average molecular weight is 346 g/mol. The van der Waals surface area contributed by atoms with Crippen molar-refractivity contribution in [3.63, 3.8) is 0 Å². The molecule has 0 spiro atoms. The zero-order valence-corrected chi connectivity index (χ0v) is 14.8. The third kappa shape index (κ3) is 7.05. The van der Waals surface area contributed by atoms with E-state index in [1.54, 1.807) is 12.1 Å². The fourth-order valence-electron chi connectivity index (χ4n) is 2.40. The summed E-state index contributed by atoms with van der Waals surface area (Å²) in [4.78, 5) is 11.9. The Morgan fingerprint density at radius 3 is 2.54 bits per heavy atom. The van der Waals surface area contributed by atoms with Crippen LogP contribution in [0.2, 0.25) is 5.02 Å². The Labute approximate surface area is 149 Å². The normalized spacial score (nSPS) is 11.8. The SMILES string of the molecule is C[C@H](CCc1ccccc1)NC(=O)CCCOc1ccc(Cl)cc1. The number of hydrogen-bond donors (Lipinski definition) is 1. The zero-order valence-electron chi connectivity index (χ0n) is 14.0. The van der Waals surface area contributed by atoms with Crippen molar-refractivity contribution >= 4 is 17.5 Å². The molecule has 0 radical (unpaired) electrons. The lowest BCUT2D eigenvalue weighted by molar-refractivity contribution is -0.121. The van der Waals surface area contributed by atoms with Crippen LogP contribution in [0.4, 0.5) is 0 Å². The van der Waals surface area contributed by atoms with E-state index in [2.05, 4.69) is 17.4 Å². The van der Waals surface area contributed by atoms with Crippen LogP contribution in [-0.2, 0) is 11.2 Å². The van der Waals surface area contributed by atoms with Crippen LogP contribution in [0.5, 0.6) is 5.75 Å². The number of halogens is 1. The van der Waals surface area contributed by atoms with Gasteiger partial charge in [0.25, 0.3) is 0 Å². The first-order valence-corrected chi connectivity index (χ1v) is 8.73. The molecule has 1 amide bonds. The maximum absolute atomic E-state index is 11.9. The van der Waals surface area contributed by atoms with Crippen molar-refractivity contribution in [2.45, 2.75) is 38.6 Å². The molecule has 0 aliphatic rings. The molecule has 0 fully saturated rings. The van der Waals surface area contributed by atoms with Gasteiger partial charge in [0.2, 0.25) is 5.91 Å². The summed E-state index contributed by atoms with van der Waals surface area (Å²) in [6.45, 7) is 2.57. The Morgan fingerprint density at radius 2 is 1.83 bits per heavy atom. The summed E-state index contributed by atoms with van der Waals surface area (Å²) in [5.74, 6) is 0.853. The molecular formula is C20H24ClNO2. The Kier molecular flexibility index (Phi) is 7.63. The van der Waals surface area contributed by atoms with Gasteiger partial charge in [0.15, 0.2) is 0 Å². The lowest BCUT2D eigenvalue weighted by Crippen LogP contribution is -2.32. The largest absolute Gasteiger partial charge is 0.494 e. The molecule has 0 aliphatic heterocycles. The van der Waals surface area contributed by atoms with Crippen LogP contribution in [0, 0.1) is 0 Å². The molecule has 1 N–H and O–H groups in total. The fraction of sp³-hybridized carbons (Fsp3) is 0.350. The summed E-state index contributed by atoms with van der Waals surface area (Å²) in [5.41, 5.74) is 1.30. The second kappa shape index (κ2) is 9.99. The Bertz CT molecular complexity index is 613. The first kappa shape index (κ1) is 18.3. The maximum atomic E-state index is 11.9. The molecule has 0 heterocycles. The van der Waals surface area contributed by atoms with Crippen molar-refractivity contribution in [1.82, 2.24) is 5.32 Å². The van der Waals surface area contributed by atoms with Crippen LogP contribution >= 0.6 is 11.6 Å². The average Bonchev–Trinajstić information content (AvgIpc) is 2.59. The molecule has 0 unspecified atom stereocenters. The van der Waals surface area contributed by atoms with Gasteiger partial charge in [-0.05, 0) is 56.0 Å². The minimum atomic E-state index is 0.0790. The molecule has 0 aliphatic carbocycles. The lowest BCUT2D eigenvalue weighted by Gasteiger charge is -2.14. The standard InChI is InChI=1S/C20H24ClNO2/c1-16(9-10-17-6-3-2-4-7-17)22-20(23)8-5-15-24-19-13-11-18(21)12-14-19/h2-4,6-7,11-14,16H,5,8-10,15H2,1H3,(H,22,23)/t16-/m1/s1. The maximum Gasteiger partial charge on any atom is 0.220 e. The van der Waals surface area contributed by atoms with E-state index in [-0.39, 0.29) is 11.9 Å². The van der Waals surface area contributed by atoms with Gasteiger partial charge in [0.1, 0.15) is 5.75 Å². The summed E-state index contributed by atoms with van der Waals surface area (Å²) in [7, 11) is 0. The number of rotatable bonds is 9. The van der Waals surface area contributed by atoms with Crippen LogP contribution in [0.25, 0.3) is 0 Å². The van der Waals surface area contributed by atoms with E-state index in [9.17, 15) is 4.79 Å². The second-order valence-electron chi connectivity index (χ2n) is 5.90. The van der Waals surface area contributed by atoms with Gasteiger partial charge in [0, 0.05) is 17.5 Å². The topological polar surface area (TPSA) is 38.3 Å². The predicted molar refractivity (Wildman–Crippen MR) is 98.5 cm³/mol. The first-order chi connectivity index (χ1) is 11.6. The third-order valence-corrected chi connectivity index (χ3v) is 4.00. The molecule has 2 rings (SSSR count). The number of ether oxygens (including phenoxy) is 1. The van der Waals surface area contributed by atoms with Crippen molar-refractivity contribution in [1.29, 1.82) is 0 Å². The number of benzene rings is 2. The first-order valence-electron chi connectivity index (χ1n) is 8.35. The molecule has 24 heavy (non-hydrogen) atoms. The molecule has 0 saturated carbocycles. The number of carbonyl (C=O) groups excluding carboxylic acids is 1. The van der Waals surface area contributed by atoms with Gasteiger partial charge < -0.3 is 10.1 Å². The van der Waals surface area contributed by atoms with E-state index in [4.69, 9.17) is 16.3 Å². The number of amides is 1. The predicted octanol–water partition coefficient (Wildman–Crippen LogP) is 4.64. The molecular weight excluding hydrogens is 322 g/mol. The summed E-state index contributed by atoms with van der Waals surface area (Å²) >= 11 is 5.82. The van der Waals surface area contributed by atoms with Crippen molar-refractivity contribution in [2.75, 3.05) is 6.61 Å². The van der Waals surface area contributed by atoms with Gasteiger partial charge in [-0.2, -0.15) is 0 Å². The van der Waals surface area contributed by atoms with Crippen LogP contribution < -0.4 is 10.1 Å². The monoisotopic (exact) mass is 345 g/mol. The molecule has 0 aromatic heterocycles. The zero-order chi connectivity index (χ0) is 17.2. The molecule has 128 valence electrons. The minimum Gasteiger partial charge on any atom is -0.494 e.